The van der Waals surface area contributed by atoms with Gasteiger partial charge in [0.1, 0.15) is 11.9 Å². The first-order valence-electron chi connectivity index (χ1n) is 11.4. The molecule has 0 aromatic heterocycles. The van der Waals surface area contributed by atoms with Crippen LogP contribution >= 0.6 is 0 Å². The minimum atomic E-state index is -0.545. The maximum Gasteiger partial charge on any atom is 0.414 e. The van der Waals surface area contributed by atoms with E-state index >= 15 is 0 Å². The highest BCUT2D eigenvalue weighted by atomic mass is 19.1. The largest absolute Gasteiger partial charge is 0.498 e. The lowest BCUT2D eigenvalue weighted by Crippen LogP contribution is -2.33. The van der Waals surface area contributed by atoms with Crippen LogP contribution in [-0.4, -0.2) is 37.3 Å². The molecule has 2 heterocycles. The maximum atomic E-state index is 14.9. The van der Waals surface area contributed by atoms with Crippen LogP contribution in [0.2, 0.25) is 0 Å². The van der Waals surface area contributed by atoms with Crippen LogP contribution in [0.25, 0.3) is 11.1 Å². The smallest absolute Gasteiger partial charge is 0.414 e. The fourth-order valence-electron chi connectivity index (χ4n) is 4.18. The number of amides is 2. The van der Waals surface area contributed by atoms with E-state index in [1.165, 1.54) is 23.5 Å². The fraction of sp³-hybridized carbons (Fsp3) is 0.385. The molecular formula is C26H29FN2O4. The van der Waals surface area contributed by atoms with E-state index in [1.807, 2.05) is 24.3 Å². The highest BCUT2D eigenvalue weighted by Gasteiger charge is 2.32. The molecule has 33 heavy (non-hydrogen) atoms. The second-order valence-corrected chi connectivity index (χ2v) is 8.51. The number of anilines is 1. The molecule has 174 valence electrons. The molecule has 2 aliphatic heterocycles. The number of hydrogen-bond donors (Lipinski definition) is 1. The van der Waals surface area contributed by atoms with E-state index in [1.54, 1.807) is 18.4 Å². The summed E-state index contributed by atoms with van der Waals surface area (Å²) in [5, 5.41) is 2.63. The van der Waals surface area contributed by atoms with Crippen LogP contribution in [0.3, 0.4) is 0 Å². The number of benzene rings is 2. The van der Waals surface area contributed by atoms with Crippen LogP contribution in [0.15, 0.2) is 54.8 Å². The third-order valence-electron chi connectivity index (χ3n) is 6.00. The van der Waals surface area contributed by atoms with Crippen LogP contribution in [-0.2, 0) is 20.7 Å². The van der Waals surface area contributed by atoms with Crippen LogP contribution in [0.1, 0.15) is 38.2 Å². The average Bonchev–Trinajstić information content (AvgIpc) is 3.19. The molecular weight excluding hydrogens is 423 g/mol. The van der Waals surface area contributed by atoms with Gasteiger partial charge in [-0.05, 0) is 67.5 Å². The molecule has 2 atom stereocenters. The molecule has 4 rings (SSSR count). The number of rotatable bonds is 8. The predicted octanol–water partition coefficient (Wildman–Crippen LogP) is 4.97. The Bertz CT molecular complexity index is 1020. The van der Waals surface area contributed by atoms with Crippen molar-refractivity contribution >= 4 is 17.7 Å². The van der Waals surface area contributed by atoms with Gasteiger partial charge in [0.15, 0.2) is 0 Å². The van der Waals surface area contributed by atoms with E-state index in [-0.39, 0.29) is 19.0 Å². The molecule has 0 spiro atoms. The van der Waals surface area contributed by atoms with E-state index in [2.05, 4.69) is 11.4 Å². The molecule has 0 aliphatic carbocycles. The number of aryl methyl sites for hydroxylation is 1. The van der Waals surface area contributed by atoms with Gasteiger partial charge < -0.3 is 14.8 Å². The summed E-state index contributed by atoms with van der Waals surface area (Å²) in [7, 11) is 0. The summed E-state index contributed by atoms with van der Waals surface area (Å²) >= 11 is 0. The van der Waals surface area contributed by atoms with Crippen molar-refractivity contribution in [3.05, 3.63) is 66.2 Å². The number of ether oxygens (including phenoxy) is 2. The van der Waals surface area contributed by atoms with Gasteiger partial charge in [-0.25, -0.2) is 9.18 Å². The molecule has 1 saturated heterocycles. The highest BCUT2D eigenvalue weighted by molar-refractivity contribution is 5.90. The number of carbonyl (C=O) groups excluding carboxylic acids is 2. The van der Waals surface area contributed by atoms with Gasteiger partial charge in [0.2, 0.25) is 5.91 Å². The monoisotopic (exact) mass is 452 g/mol. The van der Waals surface area contributed by atoms with Gasteiger partial charge in [0.05, 0.1) is 31.1 Å². The zero-order valence-electron chi connectivity index (χ0n) is 18.8. The van der Waals surface area contributed by atoms with Gasteiger partial charge in [0.25, 0.3) is 0 Å². The van der Waals surface area contributed by atoms with Crippen molar-refractivity contribution < 1.29 is 23.5 Å². The number of nitrogens with zero attached hydrogens (tertiary/aromatic N) is 1. The number of allylic oxidation sites excluding steroid dienone is 1. The van der Waals surface area contributed by atoms with E-state index in [4.69, 9.17) is 9.47 Å². The molecule has 7 heteroatoms. The number of hydrogen-bond acceptors (Lipinski definition) is 4. The quantitative estimate of drug-likeness (QED) is 0.614. The molecule has 1 fully saturated rings. The average molecular weight is 453 g/mol. The number of cyclic esters (lactones) is 1. The topological polar surface area (TPSA) is 67.9 Å². The molecule has 0 radical (unpaired) electrons. The van der Waals surface area contributed by atoms with Crippen molar-refractivity contribution in [3.63, 3.8) is 0 Å². The summed E-state index contributed by atoms with van der Waals surface area (Å²) in [4.78, 5) is 24.6. The highest BCUT2D eigenvalue weighted by Crippen LogP contribution is 2.29. The van der Waals surface area contributed by atoms with Gasteiger partial charge in [0, 0.05) is 12.5 Å². The Kier molecular flexibility index (Phi) is 7.27. The first-order valence-corrected chi connectivity index (χ1v) is 11.4. The summed E-state index contributed by atoms with van der Waals surface area (Å²) < 4.78 is 25.8. The zero-order valence-corrected chi connectivity index (χ0v) is 18.8. The first-order chi connectivity index (χ1) is 16.0. The van der Waals surface area contributed by atoms with Gasteiger partial charge in [-0.3, -0.25) is 9.69 Å². The molecule has 2 aliphatic rings. The van der Waals surface area contributed by atoms with Crippen molar-refractivity contribution in [2.45, 2.75) is 51.2 Å². The van der Waals surface area contributed by atoms with Crippen LogP contribution in [0.4, 0.5) is 14.9 Å². The van der Waals surface area contributed by atoms with E-state index in [9.17, 15) is 14.0 Å². The second kappa shape index (κ2) is 10.5. The van der Waals surface area contributed by atoms with Gasteiger partial charge in [-0.2, -0.15) is 0 Å². The minimum Gasteiger partial charge on any atom is -0.498 e. The Morgan fingerprint density at radius 1 is 1.18 bits per heavy atom. The lowest BCUT2D eigenvalue weighted by molar-refractivity contribution is -0.119. The second-order valence-electron chi connectivity index (χ2n) is 8.51. The first kappa shape index (κ1) is 22.8. The summed E-state index contributed by atoms with van der Waals surface area (Å²) in [6.07, 6.45) is 8.38. The third-order valence-corrected chi connectivity index (χ3v) is 6.00. The minimum absolute atomic E-state index is 0.193. The van der Waals surface area contributed by atoms with Crippen LogP contribution in [0, 0.1) is 5.82 Å². The van der Waals surface area contributed by atoms with Crippen molar-refractivity contribution in [3.8, 4) is 11.1 Å². The molecule has 6 nitrogen and oxygen atoms in total. The molecule has 0 saturated carbocycles. The zero-order chi connectivity index (χ0) is 23.2. The summed E-state index contributed by atoms with van der Waals surface area (Å²) in [5.74, 6) is -0.595. The maximum absolute atomic E-state index is 14.9. The van der Waals surface area contributed by atoms with Crippen molar-refractivity contribution in [1.82, 2.24) is 5.32 Å². The van der Waals surface area contributed by atoms with Crippen LogP contribution in [0.5, 0.6) is 0 Å². The molecule has 0 bridgehead atoms. The van der Waals surface area contributed by atoms with E-state index < -0.39 is 18.0 Å². The number of nitrogens with one attached hydrogen (secondary N) is 1. The van der Waals surface area contributed by atoms with Crippen molar-refractivity contribution in [1.29, 1.82) is 0 Å². The van der Waals surface area contributed by atoms with Gasteiger partial charge in [-0.1, -0.05) is 24.3 Å². The molecule has 2 aromatic carbocycles. The molecule has 1 N–H and O–H groups in total. The summed E-state index contributed by atoms with van der Waals surface area (Å²) in [6, 6.07) is 12.7. The summed E-state index contributed by atoms with van der Waals surface area (Å²) in [6.45, 7) is 1.89. The predicted molar refractivity (Wildman–Crippen MR) is 124 cm³/mol. The number of halogens is 1. The van der Waals surface area contributed by atoms with Crippen molar-refractivity contribution in [2.75, 3.05) is 18.0 Å². The third kappa shape index (κ3) is 5.92. The standard InChI is InChI=1S/C26H29FN2O4/c1-18(30)28-16-23-17-29(26(31)33-23)21-12-13-24(25(27)15-21)20-10-8-19(9-11-20)5-4-7-22-6-2-3-14-32-22/h3,8-15,22-23H,2,4-7,16-17H2,1H3,(H,28,30)/t22?,23-/m0/s1. The van der Waals surface area contributed by atoms with Crippen LogP contribution < -0.4 is 10.2 Å². The SMILES string of the molecule is CC(=O)NC[C@H]1CN(c2ccc(-c3ccc(CCCC4CCC=CO4)cc3)c(F)c2)C(=O)O1. The molecule has 1 unspecified atom stereocenters. The Morgan fingerprint density at radius 3 is 2.70 bits per heavy atom. The lowest BCUT2D eigenvalue weighted by atomic mass is 9.99. The van der Waals surface area contributed by atoms with E-state index in [0.29, 0.717) is 17.4 Å². The summed E-state index contributed by atoms with van der Waals surface area (Å²) in [5.41, 5.74) is 2.92. The Labute approximate surface area is 193 Å². The molecule has 2 amide bonds. The molecule has 2 aromatic rings. The Balaban J connectivity index is 1.35. The van der Waals surface area contributed by atoms with Gasteiger partial charge in [-0.15, -0.1) is 0 Å². The Hall–Kier alpha value is -3.35. The number of carbonyl (C=O) groups is 2. The van der Waals surface area contributed by atoms with Gasteiger partial charge >= 0.3 is 6.09 Å². The van der Waals surface area contributed by atoms with Crippen molar-refractivity contribution in [2.24, 2.45) is 0 Å². The fourth-order valence-corrected chi connectivity index (χ4v) is 4.18. The van der Waals surface area contributed by atoms with E-state index in [0.717, 1.165) is 37.7 Å². The normalized spacial score (nSPS) is 19.8. The lowest BCUT2D eigenvalue weighted by Gasteiger charge is -2.19. The Morgan fingerprint density at radius 2 is 2.00 bits per heavy atom.